The van der Waals surface area contributed by atoms with E-state index in [0.717, 1.165) is 16.5 Å². The number of halogens is 1. The van der Waals surface area contributed by atoms with E-state index in [1.165, 1.54) is 6.07 Å². The van der Waals surface area contributed by atoms with Crippen molar-refractivity contribution in [1.82, 2.24) is 0 Å². The monoisotopic (exact) mass is 372 g/mol. The van der Waals surface area contributed by atoms with Gasteiger partial charge in [0.15, 0.2) is 6.61 Å². The lowest BCUT2D eigenvalue weighted by Gasteiger charge is -2.11. The van der Waals surface area contributed by atoms with Crippen LogP contribution < -0.4 is 15.1 Å². The van der Waals surface area contributed by atoms with Crippen LogP contribution in [0.25, 0.3) is 11.0 Å². The fraction of sp³-hybridized carbons (Fsp3) is 0.200. The van der Waals surface area contributed by atoms with E-state index in [1.54, 1.807) is 30.3 Å². The Morgan fingerprint density at radius 2 is 1.88 bits per heavy atom. The van der Waals surface area contributed by atoms with Gasteiger partial charge in [0.25, 0.3) is 0 Å². The highest BCUT2D eigenvalue weighted by atomic mass is 35.5. The molecule has 3 rings (SSSR count). The number of aryl methyl sites for hydroxylation is 2. The lowest BCUT2D eigenvalue weighted by Crippen LogP contribution is -2.18. The zero-order valence-electron chi connectivity index (χ0n) is 14.4. The molecule has 134 valence electrons. The van der Waals surface area contributed by atoms with Crippen molar-refractivity contribution in [3.8, 4) is 11.5 Å². The van der Waals surface area contributed by atoms with E-state index in [9.17, 15) is 9.59 Å². The Morgan fingerprint density at radius 3 is 2.58 bits per heavy atom. The average Bonchev–Trinajstić information content (AvgIpc) is 2.60. The van der Waals surface area contributed by atoms with E-state index in [1.807, 2.05) is 19.9 Å². The minimum absolute atomic E-state index is 0.249. The highest BCUT2D eigenvalue weighted by Gasteiger charge is 2.13. The number of hydrogen-bond donors (Lipinski definition) is 0. The van der Waals surface area contributed by atoms with Gasteiger partial charge in [0, 0.05) is 22.5 Å². The van der Waals surface area contributed by atoms with Crippen LogP contribution in [0.3, 0.4) is 0 Å². The zero-order chi connectivity index (χ0) is 18.7. The van der Waals surface area contributed by atoms with Gasteiger partial charge in [0.05, 0.1) is 0 Å². The highest BCUT2D eigenvalue weighted by molar-refractivity contribution is 6.30. The van der Waals surface area contributed by atoms with E-state index >= 15 is 0 Å². The van der Waals surface area contributed by atoms with Gasteiger partial charge >= 0.3 is 11.6 Å². The number of esters is 1. The van der Waals surface area contributed by atoms with Gasteiger partial charge in [-0.15, -0.1) is 0 Å². The molecule has 1 aromatic heterocycles. The minimum atomic E-state index is -0.552. The molecule has 0 fully saturated rings. The number of hydrogen-bond acceptors (Lipinski definition) is 5. The molecule has 26 heavy (non-hydrogen) atoms. The van der Waals surface area contributed by atoms with Crippen LogP contribution in [0.4, 0.5) is 0 Å². The average molecular weight is 373 g/mol. The van der Waals surface area contributed by atoms with Gasteiger partial charge in [0.2, 0.25) is 0 Å². The summed E-state index contributed by atoms with van der Waals surface area (Å²) in [4.78, 5) is 23.7. The first-order valence-electron chi connectivity index (χ1n) is 8.12. The van der Waals surface area contributed by atoms with Crippen LogP contribution in [0, 0.1) is 6.92 Å². The molecular formula is C20H17ClO5. The molecule has 0 aliphatic carbocycles. The molecule has 0 amide bonds. The van der Waals surface area contributed by atoms with Crippen LogP contribution in [0.1, 0.15) is 18.1 Å². The third kappa shape index (κ3) is 4.06. The minimum Gasteiger partial charge on any atom is -0.482 e. The smallest absolute Gasteiger partial charge is 0.349 e. The van der Waals surface area contributed by atoms with E-state index in [4.69, 9.17) is 25.5 Å². The number of ether oxygens (including phenoxy) is 2. The first kappa shape index (κ1) is 18.0. The third-order valence-corrected chi connectivity index (χ3v) is 4.16. The van der Waals surface area contributed by atoms with Crippen molar-refractivity contribution < 1.29 is 18.7 Å². The van der Waals surface area contributed by atoms with E-state index in [0.29, 0.717) is 28.5 Å². The topological polar surface area (TPSA) is 65.7 Å². The molecule has 0 N–H and O–H groups in total. The van der Waals surface area contributed by atoms with Gasteiger partial charge in [-0.2, -0.15) is 0 Å². The van der Waals surface area contributed by atoms with Crippen LogP contribution in [-0.2, 0) is 11.2 Å². The Labute approximate surface area is 155 Å². The molecule has 0 saturated heterocycles. The Kier molecular flexibility index (Phi) is 5.28. The molecule has 5 nitrogen and oxygen atoms in total. The summed E-state index contributed by atoms with van der Waals surface area (Å²) >= 11 is 5.81. The van der Waals surface area contributed by atoms with E-state index in [-0.39, 0.29) is 6.61 Å². The van der Waals surface area contributed by atoms with Crippen molar-refractivity contribution in [3.63, 3.8) is 0 Å². The lowest BCUT2D eigenvalue weighted by molar-refractivity contribution is -0.136. The summed E-state index contributed by atoms with van der Waals surface area (Å²) in [6.45, 7) is 3.54. The molecule has 0 unspecified atom stereocenters. The van der Waals surface area contributed by atoms with Crippen molar-refractivity contribution >= 4 is 28.5 Å². The molecule has 3 aromatic rings. The van der Waals surface area contributed by atoms with Crippen molar-refractivity contribution in [1.29, 1.82) is 0 Å². The van der Waals surface area contributed by atoms with Crippen molar-refractivity contribution in [2.45, 2.75) is 20.3 Å². The quantitative estimate of drug-likeness (QED) is 0.379. The zero-order valence-corrected chi connectivity index (χ0v) is 15.1. The molecule has 0 radical (unpaired) electrons. The van der Waals surface area contributed by atoms with Gasteiger partial charge in [-0.3, -0.25) is 0 Å². The molecule has 0 atom stereocenters. The van der Waals surface area contributed by atoms with Crippen molar-refractivity contribution in [2.24, 2.45) is 0 Å². The van der Waals surface area contributed by atoms with Gasteiger partial charge in [-0.1, -0.05) is 18.5 Å². The number of carbonyl (C=O) groups excluding carboxylic acids is 1. The van der Waals surface area contributed by atoms with E-state index < -0.39 is 11.6 Å². The van der Waals surface area contributed by atoms with Crippen LogP contribution in [0.5, 0.6) is 11.5 Å². The molecule has 0 bridgehead atoms. The number of rotatable bonds is 5. The SMILES string of the molecule is CCc1cc2c(C)cc(=O)oc2cc1OC(=O)COc1ccc(Cl)cc1. The van der Waals surface area contributed by atoms with Crippen LogP contribution >= 0.6 is 11.6 Å². The lowest BCUT2D eigenvalue weighted by atomic mass is 10.1. The summed E-state index contributed by atoms with van der Waals surface area (Å²) in [5.41, 5.74) is 1.60. The van der Waals surface area contributed by atoms with Gasteiger partial charge in [0.1, 0.15) is 17.1 Å². The standard InChI is InChI=1S/C20H17ClO5/c1-3-13-9-16-12(2)8-19(22)26-18(16)10-17(13)25-20(23)11-24-15-6-4-14(21)5-7-15/h4-10H,3,11H2,1-2H3. The first-order chi connectivity index (χ1) is 12.5. The summed E-state index contributed by atoms with van der Waals surface area (Å²) in [6, 6.07) is 11.6. The second-order valence-corrected chi connectivity index (χ2v) is 6.21. The largest absolute Gasteiger partial charge is 0.482 e. The number of benzene rings is 2. The van der Waals surface area contributed by atoms with Gasteiger partial charge in [-0.05, 0) is 54.8 Å². The molecule has 2 aromatic carbocycles. The van der Waals surface area contributed by atoms with Crippen LogP contribution in [-0.4, -0.2) is 12.6 Å². The second kappa shape index (κ2) is 7.62. The van der Waals surface area contributed by atoms with Gasteiger partial charge in [-0.25, -0.2) is 9.59 Å². The summed E-state index contributed by atoms with van der Waals surface area (Å²) in [7, 11) is 0. The number of fused-ring (bicyclic) bond motifs is 1. The van der Waals surface area contributed by atoms with Crippen LogP contribution in [0.2, 0.25) is 5.02 Å². The Morgan fingerprint density at radius 1 is 1.15 bits per heavy atom. The highest BCUT2D eigenvalue weighted by Crippen LogP contribution is 2.28. The summed E-state index contributed by atoms with van der Waals surface area (Å²) < 4.78 is 16.0. The fourth-order valence-corrected chi connectivity index (χ4v) is 2.71. The first-order valence-corrected chi connectivity index (χ1v) is 8.50. The van der Waals surface area contributed by atoms with E-state index in [2.05, 4.69) is 0 Å². The molecule has 0 spiro atoms. The molecule has 1 heterocycles. The molecule has 0 saturated carbocycles. The Balaban J connectivity index is 1.79. The second-order valence-electron chi connectivity index (χ2n) is 5.77. The number of carbonyl (C=O) groups is 1. The summed E-state index contributed by atoms with van der Waals surface area (Å²) in [5, 5.41) is 1.40. The van der Waals surface area contributed by atoms with Crippen molar-refractivity contribution in [2.75, 3.05) is 6.61 Å². The fourth-order valence-electron chi connectivity index (χ4n) is 2.59. The predicted octanol–water partition coefficient (Wildman–Crippen LogP) is 4.30. The van der Waals surface area contributed by atoms with Gasteiger partial charge < -0.3 is 13.9 Å². The normalized spacial score (nSPS) is 10.7. The Hall–Kier alpha value is -2.79. The summed E-state index contributed by atoms with van der Waals surface area (Å²) in [5.74, 6) is 0.324. The maximum absolute atomic E-state index is 12.1. The molecule has 0 aliphatic heterocycles. The predicted molar refractivity (Wildman–Crippen MR) is 99.2 cm³/mol. The van der Waals surface area contributed by atoms with Crippen LogP contribution in [0.15, 0.2) is 51.7 Å². The summed E-state index contributed by atoms with van der Waals surface area (Å²) in [6.07, 6.45) is 0.662. The molecular weight excluding hydrogens is 356 g/mol. The third-order valence-electron chi connectivity index (χ3n) is 3.91. The Bertz CT molecular complexity index is 1010. The maximum atomic E-state index is 12.1. The molecule has 6 heteroatoms. The maximum Gasteiger partial charge on any atom is 0.349 e. The molecule has 0 aliphatic rings. The van der Waals surface area contributed by atoms with Crippen molar-refractivity contribution in [3.05, 3.63) is 69.0 Å².